The zero-order valence-electron chi connectivity index (χ0n) is 13.7. The SMILES string of the molecule is COc1cccc(C2(O)CC3CCC(C3)C2CN(C)C)c1F. The molecule has 0 heterocycles. The zero-order valence-corrected chi connectivity index (χ0v) is 13.7. The lowest BCUT2D eigenvalue weighted by atomic mass is 9.65. The van der Waals surface area contributed by atoms with Gasteiger partial charge in [-0.1, -0.05) is 18.6 Å². The lowest BCUT2D eigenvalue weighted by Crippen LogP contribution is -2.48. The van der Waals surface area contributed by atoms with Crippen LogP contribution in [-0.4, -0.2) is 37.8 Å². The predicted octanol–water partition coefficient (Wildman–Crippen LogP) is 3.02. The van der Waals surface area contributed by atoms with E-state index in [1.807, 2.05) is 14.1 Å². The molecule has 4 unspecified atom stereocenters. The largest absolute Gasteiger partial charge is 0.494 e. The summed E-state index contributed by atoms with van der Waals surface area (Å²) in [5.41, 5.74) is -0.678. The van der Waals surface area contributed by atoms with Gasteiger partial charge in [-0.3, -0.25) is 0 Å². The topological polar surface area (TPSA) is 32.7 Å². The van der Waals surface area contributed by atoms with Gasteiger partial charge in [0, 0.05) is 18.0 Å². The van der Waals surface area contributed by atoms with Gasteiger partial charge in [0.15, 0.2) is 11.6 Å². The van der Waals surface area contributed by atoms with Crippen LogP contribution in [0.15, 0.2) is 18.2 Å². The molecule has 0 aromatic heterocycles. The van der Waals surface area contributed by atoms with E-state index in [2.05, 4.69) is 4.90 Å². The van der Waals surface area contributed by atoms with E-state index >= 15 is 0 Å². The van der Waals surface area contributed by atoms with E-state index in [1.165, 1.54) is 13.5 Å². The summed E-state index contributed by atoms with van der Waals surface area (Å²) in [5, 5.41) is 11.5. The van der Waals surface area contributed by atoms with Crippen molar-refractivity contribution < 1.29 is 14.2 Å². The first kappa shape index (κ1) is 15.8. The molecule has 0 aliphatic heterocycles. The number of aliphatic hydroxyl groups is 1. The molecule has 2 fully saturated rings. The van der Waals surface area contributed by atoms with Gasteiger partial charge < -0.3 is 14.7 Å². The van der Waals surface area contributed by atoms with Crippen LogP contribution >= 0.6 is 0 Å². The first-order chi connectivity index (χ1) is 10.5. The fraction of sp³-hybridized carbons (Fsp3) is 0.667. The summed E-state index contributed by atoms with van der Waals surface area (Å²) in [6, 6.07) is 5.12. The van der Waals surface area contributed by atoms with E-state index in [0.717, 1.165) is 19.4 Å². The summed E-state index contributed by atoms with van der Waals surface area (Å²) >= 11 is 0. The number of rotatable bonds is 4. The van der Waals surface area contributed by atoms with E-state index in [4.69, 9.17) is 4.74 Å². The normalized spacial score (nSPS) is 34.2. The van der Waals surface area contributed by atoms with Crippen LogP contribution < -0.4 is 4.74 Å². The van der Waals surface area contributed by atoms with Crippen molar-refractivity contribution in [1.29, 1.82) is 0 Å². The average molecular weight is 307 g/mol. The fourth-order valence-electron chi connectivity index (χ4n) is 4.65. The van der Waals surface area contributed by atoms with Gasteiger partial charge >= 0.3 is 0 Å². The van der Waals surface area contributed by atoms with Crippen LogP contribution in [0.1, 0.15) is 31.2 Å². The highest BCUT2D eigenvalue weighted by Crippen LogP contribution is 2.55. The van der Waals surface area contributed by atoms with Crippen molar-refractivity contribution in [2.75, 3.05) is 27.7 Å². The van der Waals surface area contributed by atoms with Crippen molar-refractivity contribution >= 4 is 0 Å². The monoisotopic (exact) mass is 307 g/mol. The third kappa shape index (κ3) is 2.52. The summed E-state index contributed by atoms with van der Waals surface area (Å²) in [6.07, 6.45) is 4.14. The van der Waals surface area contributed by atoms with Crippen LogP contribution in [0.5, 0.6) is 5.75 Å². The van der Waals surface area contributed by atoms with E-state index in [0.29, 0.717) is 23.8 Å². The molecule has 2 bridgehead atoms. The summed E-state index contributed by atoms with van der Waals surface area (Å²) in [6.45, 7) is 0.782. The molecule has 0 amide bonds. The third-order valence-corrected chi connectivity index (χ3v) is 5.58. The lowest BCUT2D eigenvalue weighted by Gasteiger charge is -2.45. The van der Waals surface area contributed by atoms with Crippen LogP contribution in [0.3, 0.4) is 0 Å². The van der Waals surface area contributed by atoms with Crippen molar-refractivity contribution in [1.82, 2.24) is 4.90 Å². The predicted molar refractivity (Wildman–Crippen MR) is 84.3 cm³/mol. The number of ether oxygens (including phenoxy) is 1. The van der Waals surface area contributed by atoms with Crippen molar-refractivity contribution in [2.45, 2.75) is 31.3 Å². The number of nitrogens with zero attached hydrogens (tertiary/aromatic N) is 1. The second-order valence-corrected chi connectivity index (χ2v) is 7.26. The molecule has 22 heavy (non-hydrogen) atoms. The van der Waals surface area contributed by atoms with E-state index in [1.54, 1.807) is 18.2 Å². The summed E-state index contributed by atoms with van der Waals surface area (Å²) in [4.78, 5) is 2.10. The Labute approximate surface area is 132 Å². The standard InChI is InChI=1S/C18H26FNO2/c1-20(2)11-15-13-8-7-12(9-13)10-18(15,21)14-5-4-6-16(22-3)17(14)19/h4-6,12-13,15,21H,7-11H2,1-3H3. The average Bonchev–Trinajstić information content (AvgIpc) is 2.87. The van der Waals surface area contributed by atoms with Crippen LogP contribution in [0, 0.1) is 23.6 Å². The second-order valence-electron chi connectivity index (χ2n) is 7.26. The Balaban J connectivity index is 2.04. The number of fused-ring (bicyclic) bond motifs is 2. The molecular weight excluding hydrogens is 281 g/mol. The number of hydrogen-bond donors (Lipinski definition) is 1. The van der Waals surface area contributed by atoms with Gasteiger partial charge in [0.25, 0.3) is 0 Å². The molecule has 122 valence electrons. The van der Waals surface area contributed by atoms with Crippen molar-refractivity contribution in [3.05, 3.63) is 29.6 Å². The molecule has 3 rings (SSSR count). The second kappa shape index (κ2) is 5.82. The van der Waals surface area contributed by atoms with Crippen LogP contribution in [-0.2, 0) is 5.60 Å². The Morgan fingerprint density at radius 1 is 1.36 bits per heavy atom. The first-order valence-electron chi connectivity index (χ1n) is 8.15. The van der Waals surface area contributed by atoms with E-state index < -0.39 is 11.4 Å². The quantitative estimate of drug-likeness (QED) is 0.928. The molecule has 4 heteroatoms. The Bertz CT molecular complexity index is 548. The van der Waals surface area contributed by atoms with Crippen LogP contribution in [0.4, 0.5) is 4.39 Å². The molecule has 1 aromatic carbocycles. The van der Waals surface area contributed by atoms with Crippen LogP contribution in [0.25, 0.3) is 0 Å². The molecule has 2 saturated carbocycles. The highest BCUT2D eigenvalue weighted by molar-refractivity contribution is 5.36. The van der Waals surface area contributed by atoms with Crippen molar-refractivity contribution in [2.24, 2.45) is 17.8 Å². The lowest BCUT2D eigenvalue weighted by molar-refractivity contribution is -0.0914. The summed E-state index contributed by atoms with van der Waals surface area (Å²) in [7, 11) is 5.50. The fourth-order valence-corrected chi connectivity index (χ4v) is 4.65. The summed E-state index contributed by atoms with van der Waals surface area (Å²) < 4.78 is 19.9. The molecule has 4 atom stereocenters. The van der Waals surface area contributed by atoms with Crippen molar-refractivity contribution in [3.8, 4) is 5.75 Å². The maximum absolute atomic E-state index is 14.8. The molecule has 2 aliphatic carbocycles. The number of halogens is 1. The van der Waals surface area contributed by atoms with E-state index in [9.17, 15) is 9.50 Å². The molecule has 3 nitrogen and oxygen atoms in total. The molecular formula is C18H26FNO2. The smallest absolute Gasteiger partial charge is 0.171 e. The minimum Gasteiger partial charge on any atom is -0.494 e. The molecule has 1 N–H and O–H groups in total. The van der Waals surface area contributed by atoms with Gasteiger partial charge in [0.1, 0.15) is 0 Å². The van der Waals surface area contributed by atoms with Gasteiger partial charge in [-0.2, -0.15) is 0 Å². The summed E-state index contributed by atoms with van der Waals surface area (Å²) in [5.74, 6) is 0.878. The van der Waals surface area contributed by atoms with Gasteiger partial charge in [0.05, 0.1) is 12.7 Å². The van der Waals surface area contributed by atoms with Gasteiger partial charge in [-0.25, -0.2) is 4.39 Å². The molecule has 2 aliphatic rings. The number of methoxy groups -OCH3 is 1. The Hall–Kier alpha value is -1.13. The van der Waals surface area contributed by atoms with Gasteiger partial charge in [0.2, 0.25) is 0 Å². The third-order valence-electron chi connectivity index (χ3n) is 5.58. The zero-order chi connectivity index (χ0) is 15.9. The Morgan fingerprint density at radius 3 is 2.82 bits per heavy atom. The highest BCUT2D eigenvalue weighted by Gasteiger charge is 2.52. The Kier molecular flexibility index (Phi) is 4.17. The minimum absolute atomic E-state index is 0.0721. The molecule has 0 radical (unpaired) electrons. The maximum Gasteiger partial charge on any atom is 0.171 e. The van der Waals surface area contributed by atoms with Gasteiger partial charge in [-0.05, 0) is 51.3 Å². The molecule has 0 spiro atoms. The first-order valence-corrected chi connectivity index (χ1v) is 8.15. The van der Waals surface area contributed by atoms with Crippen molar-refractivity contribution in [3.63, 3.8) is 0 Å². The highest BCUT2D eigenvalue weighted by atomic mass is 19.1. The number of benzene rings is 1. The van der Waals surface area contributed by atoms with E-state index in [-0.39, 0.29) is 11.7 Å². The molecule has 0 saturated heterocycles. The van der Waals surface area contributed by atoms with Gasteiger partial charge in [-0.15, -0.1) is 0 Å². The molecule has 1 aromatic rings. The minimum atomic E-state index is -1.09. The van der Waals surface area contributed by atoms with Crippen LogP contribution in [0.2, 0.25) is 0 Å². The Morgan fingerprint density at radius 2 is 2.14 bits per heavy atom. The maximum atomic E-state index is 14.8. The number of hydrogen-bond acceptors (Lipinski definition) is 3.